The Morgan fingerprint density at radius 2 is 2.05 bits per heavy atom. The van der Waals surface area contributed by atoms with E-state index in [2.05, 4.69) is 26.3 Å². The number of pyridine rings is 1. The number of nitro groups is 1. The summed E-state index contributed by atoms with van der Waals surface area (Å²) in [6, 6.07) is 5.86. The van der Waals surface area contributed by atoms with E-state index >= 15 is 0 Å². The monoisotopic (exact) mass is 324 g/mol. The van der Waals surface area contributed by atoms with Crippen molar-refractivity contribution < 1.29 is 9.66 Å². The molecule has 1 aromatic carbocycles. The van der Waals surface area contributed by atoms with Crippen LogP contribution in [0.1, 0.15) is 0 Å². The number of nitrogens with zero attached hydrogens (tertiary/aromatic N) is 2. The highest BCUT2D eigenvalue weighted by Crippen LogP contribution is 2.29. The SMILES string of the molecule is NNc1cc(Oc2cncc(Br)c2)cc([N+](=O)[O-])c1. The number of nitrogen functional groups attached to an aromatic ring is 1. The molecule has 8 heteroatoms. The van der Waals surface area contributed by atoms with Crippen LogP contribution in [-0.4, -0.2) is 9.91 Å². The van der Waals surface area contributed by atoms with Crippen molar-refractivity contribution in [2.45, 2.75) is 0 Å². The molecule has 2 rings (SSSR count). The van der Waals surface area contributed by atoms with Crippen molar-refractivity contribution in [2.24, 2.45) is 5.84 Å². The Kier molecular flexibility index (Phi) is 3.93. The second kappa shape index (κ2) is 5.63. The second-order valence-electron chi connectivity index (χ2n) is 3.56. The van der Waals surface area contributed by atoms with Gasteiger partial charge in [0.1, 0.15) is 11.5 Å². The lowest BCUT2D eigenvalue weighted by Gasteiger charge is -2.07. The van der Waals surface area contributed by atoms with Gasteiger partial charge in [-0.1, -0.05) is 0 Å². The van der Waals surface area contributed by atoms with Crippen LogP contribution in [0, 0.1) is 10.1 Å². The van der Waals surface area contributed by atoms with E-state index in [1.54, 1.807) is 18.3 Å². The lowest BCUT2D eigenvalue weighted by atomic mass is 10.2. The summed E-state index contributed by atoms with van der Waals surface area (Å²) in [4.78, 5) is 14.2. The van der Waals surface area contributed by atoms with Gasteiger partial charge in [-0.3, -0.25) is 20.9 Å². The highest BCUT2D eigenvalue weighted by atomic mass is 79.9. The molecule has 3 N–H and O–H groups in total. The number of rotatable bonds is 4. The number of nitro benzene ring substituents is 1. The normalized spacial score (nSPS) is 10.0. The molecule has 0 saturated heterocycles. The fourth-order valence-corrected chi connectivity index (χ4v) is 1.76. The molecule has 19 heavy (non-hydrogen) atoms. The van der Waals surface area contributed by atoms with Gasteiger partial charge in [-0.15, -0.1) is 0 Å². The number of ether oxygens (including phenoxy) is 1. The van der Waals surface area contributed by atoms with E-state index in [9.17, 15) is 10.1 Å². The minimum Gasteiger partial charge on any atom is -0.455 e. The van der Waals surface area contributed by atoms with Crippen molar-refractivity contribution >= 4 is 27.3 Å². The maximum atomic E-state index is 10.8. The average molecular weight is 325 g/mol. The molecule has 0 aliphatic rings. The average Bonchev–Trinajstić information content (AvgIpc) is 2.38. The van der Waals surface area contributed by atoms with Gasteiger partial charge in [0.2, 0.25) is 0 Å². The zero-order valence-corrected chi connectivity index (χ0v) is 11.1. The minimum atomic E-state index is -0.521. The Labute approximate surface area is 116 Å². The van der Waals surface area contributed by atoms with E-state index in [4.69, 9.17) is 10.6 Å². The topological polar surface area (TPSA) is 103 Å². The molecule has 2 aromatic rings. The van der Waals surface area contributed by atoms with Crippen LogP contribution in [0.15, 0.2) is 41.1 Å². The van der Waals surface area contributed by atoms with Crippen LogP contribution in [-0.2, 0) is 0 Å². The molecule has 0 saturated carbocycles. The predicted octanol–water partition coefficient (Wildman–Crippen LogP) is 2.83. The third-order valence-corrected chi connectivity index (χ3v) is 2.62. The Balaban J connectivity index is 2.34. The largest absolute Gasteiger partial charge is 0.455 e. The molecule has 0 amide bonds. The summed E-state index contributed by atoms with van der Waals surface area (Å²) in [5.74, 6) is 6.01. The number of halogens is 1. The van der Waals surface area contributed by atoms with Gasteiger partial charge < -0.3 is 10.2 Å². The fraction of sp³-hybridized carbons (Fsp3) is 0. The van der Waals surface area contributed by atoms with Gasteiger partial charge in [-0.05, 0) is 22.0 Å². The van der Waals surface area contributed by atoms with Crippen molar-refractivity contribution in [3.8, 4) is 11.5 Å². The molecule has 1 aromatic heterocycles. The molecule has 98 valence electrons. The lowest BCUT2D eigenvalue weighted by Crippen LogP contribution is -2.07. The zero-order valence-electron chi connectivity index (χ0n) is 9.54. The second-order valence-corrected chi connectivity index (χ2v) is 4.47. The molecule has 0 aliphatic heterocycles. The minimum absolute atomic E-state index is 0.117. The first-order chi connectivity index (χ1) is 9.08. The number of hydrazine groups is 1. The molecular formula is C11H9BrN4O3. The van der Waals surface area contributed by atoms with Crippen LogP contribution in [0.4, 0.5) is 11.4 Å². The highest BCUT2D eigenvalue weighted by molar-refractivity contribution is 9.10. The van der Waals surface area contributed by atoms with Crippen LogP contribution >= 0.6 is 15.9 Å². The van der Waals surface area contributed by atoms with E-state index in [1.807, 2.05) is 0 Å². The first kappa shape index (κ1) is 13.2. The number of nitrogens with one attached hydrogen (secondary N) is 1. The summed E-state index contributed by atoms with van der Waals surface area (Å²) >= 11 is 3.26. The Hall–Kier alpha value is -2.19. The smallest absolute Gasteiger partial charge is 0.275 e. The Morgan fingerprint density at radius 1 is 1.26 bits per heavy atom. The maximum absolute atomic E-state index is 10.8. The van der Waals surface area contributed by atoms with Gasteiger partial charge in [-0.25, -0.2) is 0 Å². The predicted molar refractivity (Wildman–Crippen MR) is 72.9 cm³/mol. The fourth-order valence-electron chi connectivity index (χ4n) is 1.42. The van der Waals surface area contributed by atoms with Crippen molar-refractivity contribution in [2.75, 3.05) is 5.43 Å². The van der Waals surface area contributed by atoms with E-state index in [-0.39, 0.29) is 5.69 Å². The lowest BCUT2D eigenvalue weighted by molar-refractivity contribution is -0.384. The molecule has 7 nitrogen and oxygen atoms in total. The number of benzene rings is 1. The third-order valence-electron chi connectivity index (χ3n) is 2.18. The van der Waals surface area contributed by atoms with Crippen LogP contribution in [0.5, 0.6) is 11.5 Å². The van der Waals surface area contributed by atoms with E-state index < -0.39 is 4.92 Å². The highest BCUT2D eigenvalue weighted by Gasteiger charge is 2.11. The molecule has 0 radical (unpaired) electrons. The Morgan fingerprint density at radius 3 is 2.68 bits per heavy atom. The summed E-state index contributed by atoms with van der Waals surface area (Å²) in [7, 11) is 0. The van der Waals surface area contributed by atoms with Crippen molar-refractivity contribution in [3.63, 3.8) is 0 Å². The van der Waals surface area contributed by atoms with Gasteiger partial charge in [0.05, 0.1) is 22.9 Å². The van der Waals surface area contributed by atoms with E-state index in [0.717, 1.165) is 4.47 Å². The zero-order chi connectivity index (χ0) is 13.8. The number of hydrogen-bond donors (Lipinski definition) is 2. The van der Waals surface area contributed by atoms with Crippen LogP contribution in [0.2, 0.25) is 0 Å². The molecular weight excluding hydrogens is 316 g/mol. The first-order valence-electron chi connectivity index (χ1n) is 5.13. The molecule has 0 unspecified atom stereocenters. The van der Waals surface area contributed by atoms with E-state index in [0.29, 0.717) is 17.2 Å². The molecule has 0 bridgehead atoms. The van der Waals surface area contributed by atoms with Crippen molar-refractivity contribution in [3.05, 3.63) is 51.2 Å². The van der Waals surface area contributed by atoms with Crippen LogP contribution in [0.25, 0.3) is 0 Å². The maximum Gasteiger partial charge on any atom is 0.275 e. The van der Waals surface area contributed by atoms with Gasteiger partial charge >= 0.3 is 0 Å². The number of anilines is 1. The van der Waals surface area contributed by atoms with Gasteiger partial charge in [0.15, 0.2) is 0 Å². The van der Waals surface area contributed by atoms with Gasteiger partial charge in [-0.2, -0.15) is 0 Å². The number of non-ortho nitro benzene ring substituents is 1. The standard InChI is InChI=1S/C11H9BrN4O3/c12-7-1-11(6-14-5-7)19-10-3-8(15-13)2-9(4-10)16(17)18/h1-6,15H,13H2. The van der Waals surface area contributed by atoms with E-state index in [1.165, 1.54) is 18.3 Å². The summed E-state index contributed by atoms with van der Waals surface area (Å²) in [5, 5.41) is 10.8. The first-order valence-corrected chi connectivity index (χ1v) is 5.92. The van der Waals surface area contributed by atoms with Crippen LogP contribution < -0.4 is 16.0 Å². The molecule has 1 heterocycles. The summed E-state index contributed by atoms with van der Waals surface area (Å²) in [6.07, 6.45) is 3.10. The summed E-state index contributed by atoms with van der Waals surface area (Å²) < 4.78 is 6.24. The molecule has 0 aliphatic carbocycles. The molecule has 0 atom stereocenters. The Bertz CT molecular complexity index is 621. The number of hydrogen-bond acceptors (Lipinski definition) is 6. The summed E-state index contributed by atoms with van der Waals surface area (Å²) in [6.45, 7) is 0. The summed E-state index contributed by atoms with van der Waals surface area (Å²) in [5.41, 5.74) is 2.61. The van der Waals surface area contributed by atoms with Gasteiger partial charge in [0, 0.05) is 22.8 Å². The third kappa shape index (κ3) is 3.39. The number of nitrogens with two attached hydrogens (primary N) is 1. The van der Waals surface area contributed by atoms with Crippen molar-refractivity contribution in [1.29, 1.82) is 0 Å². The molecule has 0 fully saturated rings. The molecule has 0 spiro atoms. The van der Waals surface area contributed by atoms with Crippen molar-refractivity contribution in [1.82, 2.24) is 4.98 Å². The van der Waals surface area contributed by atoms with Gasteiger partial charge in [0.25, 0.3) is 5.69 Å². The quantitative estimate of drug-likeness (QED) is 0.509. The number of aromatic nitrogens is 1. The van der Waals surface area contributed by atoms with Crippen LogP contribution in [0.3, 0.4) is 0 Å².